The zero-order valence-corrected chi connectivity index (χ0v) is 22.5. The van der Waals surface area contributed by atoms with E-state index in [9.17, 15) is 0 Å². The molecule has 0 fully saturated rings. The van der Waals surface area contributed by atoms with Crippen LogP contribution >= 0.6 is 0 Å². The van der Waals surface area contributed by atoms with E-state index in [2.05, 4.69) is 44.1 Å². The molecule has 1 aliphatic heterocycles. The first-order chi connectivity index (χ1) is 19.1. The molecule has 0 saturated heterocycles. The van der Waals surface area contributed by atoms with Crippen molar-refractivity contribution in [2.75, 3.05) is 29.9 Å². The first-order valence-electron chi connectivity index (χ1n) is 13.5. The Labute approximate surface area is 227 Å². The number of ether oxygens (including phenoxy) is 2. The molecule has 6 rings (SSSR count). The van der Waals surface area contributed by atoms with Gasteiger partial charge in [-0.2, -0.15) is 5.10 Å². The largest absolute Gasteiger partial charge is 0.489 e. The second-order valence-corrected chi connectivity index (χ2v) is 10.1. The summed E-state index contributed by atoms with van der Waals surface area (Å²) in [5.41, 5.74) is 4.05. The normalized spacial score (nSPS) is 15.2. The summed E-state index contributed by atoms with van der Waals surface area (Å²) in [6.07, 6.45) is 8.40. The molecule has 1 unspecified atom stereocenters. The predicted molar refractivity (Wildman–Crippen MR) is 151 cm³/mol. The number of nitrogens with zero attached hydrogens (tertiary/aromatic N) is 7. The van der Waals surface area contributed by atoms with Crippen LogP contribution in [-0.2, 0) is 0 Å². The topological polar surface area (TPSA) is 103 Å². The second-order valence-electron chi connectivity index (χ2n) is 10.1. The van der Waals surface area contributed by atoms with Gasteiger partial charge in [-0.1, -0.05) is 26.7 Å². The Kier molecular flexibility index (Phi) is 6.83. The number of fused-ring (bicyclic) bond motifs is 3. The highest BCUT2D eigenvalue weighted by atomic mass is 16.5. The third-order valence-electron chi connectivity index (χ3n) is 6.86. The molecular weight excluding hydrogens is 492 g/mol. The average molecular weight is 525 g/mol. The number of unbranched alkanes of at least 4 members (excludes halogenated alkanes) is 2. The van der Waals surface area contributed by atoms with Crippen LogP contribution < -0.4 is 19.7 Å². The average Bonchev–Trinajstić information content (AvgIpc) is 3.35. The Balaban J connectivity index is 1.27. The minimum Gasteiger partial charge on any atom is -0.489 e. The van der Waals surface area contributed by atoms with Crippen LogP contribution in [0.1, 0.15) is 38.7 Å². The quantitative estimate of drug-likeness (QED) is 0.247. The Morgan fingerprint density at radius 3 is 2.87 bits per heavy atom. The molecule has 0 radical (unpaired) electrons. The van der Waals surface area contributed by atoms with Crippen molar-refractivity contribution in [2.45, 2.75) is 40.0 Å². The summed E-state index contributed by atoms with van der Waals surface area (Å²) in [6, 6.07) is 11.7. The van der Waals surface area contributed by atoms with Gasteiger partial charge in [0.2, 0.25) is 0 Å². The number of rotatable bonds is 8. The Morgan fingerprint density at radius 2 is 2.00 bits per heavy atom. The number of hydrogen-bond acceptors (Lipinski definition) is 9. The Morgan fingerprint density at radius 1 is 1.08 bits per heavy atom. The van der Waals surface area contributed by atoms with Crippen molar-refractivity contribution in [3.8, 4) is 17.2 Å². The van der Waals surface area contributed by atoms with Crippen LogP contribution in [0.4, 0.5) is 17.3 Å². The van der Waals surface area contributed by atoms with Gasteiger partial charge in [0.25, 0.3) is 0 Å². The van der Waals surface area contributed by atoms with Crippen LogP contribution in [-0.4, -0.2) is 49.2 Å². The van der Waals surface area contributed by atoms with E-state index in [1.165, 1.54) is 19.2 Å². The van der Waals surface area contributed by atoms with Gasteiger partial charge in [-0.05, 0) is 43.2 Å². The van der Waals surface area contributed by atoms with Gasteiger partial charge < -0.3 is 19.7 Å². The minimum atomic E-state index is 0.412. The van der Waals surface area contributed by atoms with Gasteiger partial charge in [-0.3, -0.25) is 0 Å². The van der Waals surface area contributed by atoms with E-state index in [-0.39, 0.29) is 0 Å². The molecule has 1 aromatic carbocycles. The summed E-state index contributed by atoms with van der Waals surface area (Å²) < 4.78 is 14.0. The number of pyridine rings is 2. The molecule has 10 heteroatoms. The monoisotopic (exact) mass is 524 g/mol. The Hall–Kier alpha value is -4.47. The molecule has 0 bridgehead atoms. The SMILES string of the molecule is CCCCCN1CC(C)COc2cc3ncnc(Nc4ccc(Oc5ccn6ncnc6c5)c(C)c4)c3nc21. The van der Waals surface area contributed by atoms with Crippen molar-refractivity contribution in [3.05, 3.63) is 60.8 Å². The molecule has 1 atom stereocenters. The summed E-state index contributed by atoms with van der Waals surface area (Å²) in [6.45, 7) is 8.99. The maximum absolute atomic E-state index is 6.15. The summed E-state index contributed by atoms with van der Waals surface area (Å²) >= 11 is 0. The van der Waals surface area contributed by atoms with Gasteiger partial charge in [0.15, 0.2) is 23.0 Å². The van der Waals surface area contributed by atoms with Crippen LogP contribution in [0.2, 0.25) is 0 Å². The summed E-state index contributed by atoms with van der Waals surface area (Å²) in [4.78, 5) is 20.7. The second kappa shape index (κ2) is 10.7. The number of benzene rings is 1. The number of aryl methyl sites for hydroxylation is 1. The van der Waals surface area contributed by atoms with Gasteiger partial charge in [0.05, 0.1) is 12.1 Å². The van der Waals surface area contributed by atoms with E-state index < -0.39 is 0 Å². The van der Waals surface area contributed by atoms with E-state index in [4.69, 9.17) is 14.5 Å². The van der Waals surface area contributed by atoms with Gasteiger partial charge in [-0.15, -0.1) is 0 Å². The molecule has 0 spiro atoms. The van der Waals surface area contributed by atoms with Gasteiger partial charge in [0.1, 0.15) is 29.7 Å². The van der Waals surface area contributed by atoms with Gasteiger partial charge in [-0.25, -0.2) is 24.5 Å². The molecule has 10 nitrogen and oxygen atoms in total. The minimum absolute atomic E-state index is 0.412. The number of anilines is 3. The maximum atomic E-state index is 6.15. The van der Waals surface area contributed by atoms with Crippen molar-refractivity contribution >= 4 is 34.0 Å². The van der Waals surface area contributed by atoms with E-state index in [0.717, 1.165) is 64.8 Å². The van der Waals surface area contributed by atoms with E-state index in [0.29, 0.717) is 24.1 Å². The first-order valence-corrected chi connectivity index (χ1v) is 13.5. The van der Waals surface area contributed by atoms with Crippen molar-refractivity contribution in [3.63, 3.8) is 0 Å². The van der Waals surface area contributed by atoms with E-state index >= 15 is 0 Å². The van der Waals surface area contributed by atoms with Gasteiger partial charge >= 0.3 is 0 Å². The van der Waals surface area contributed by atoms with Crippen LogP contribution in [0.3, 0.4) is 0 Å². The molecule has 1 N–H and O–H groups in total. The number of nitrogens with one attached hydrogen (secondary N) is 1. The molecule has 4 aromatic heterocycles. The van der Waals surface area contributed by atoms with Crippen LogP contribution in [0.15, 0.2) is 55.2 Å². The highest BCUT2D eigenvalue weighted by Gasteiger charge is 2.24. The van der Waals surface area contributed by atoms with Crippen molar-refractivity contribution < 1.29 is 9.47 Å². The molecule has 39 heavy (non-hydrogen) atoms. The fourth-order valence-electron chi connectivity index (χ4n) is 4.84. The van der Waals surface area contributed by atoms with Crippen LogP contribution in [0.25, 0.3) is 16.7 Å². The third-order valence-corrected chi connectivity index (χ3v) is 6.86. The lowest BCUT2D eigenvalue weighted by atomic mass is 10.1. The fraction of sp³-hybridized carbons (Fsp3) is 0.345. The molecule has 5 heterocycles. The van der Waals surface area contributed by atoms with Crippen LogP contribution in [0, 0.1) is 12.8 Å². The molecule has 0 saturated carbocycles. The third kappa shape index (κ3) is 5.27. The van der Waals surface area contributed by atoms with Crippen molar-refractivity contribution in [1.82, 2.24) is 29.5 Å². The predicted octanol–water partition coefficient (Wildman–Crippen LogP) is 5.94. The summed E-state index contributed by atoms with van der Waals surface area (Å²) in [5.74, 6) is 4.18. The Bertz CT molecular complexity index is 1620. The van der Waals surface area contributed by atoms with Gasteiger partial charge in [0, 0.05) is 43.0 Å². The van der Waals surface area contributed by atoms with E-state index in [1.54, 1.807) is 10.8 Å². The number of hydrogen-bond donors (Lipinski definition) is 1. The highest BCUT2D eigenvalue weighted by molar-refractivity contribution is 5.90. The lowest BCUT2D eigenvalue weighted by Gasteiger charge is -2.24. The lowest BCUT2D eigenvalue weighted by Crippen LogP contribution is -2.30. The first kappa shape index (κ1) is 24.8. The van der Waals surface area contributed by atoms with E-state index in [1.807, 2.05) is 49.5 Å². The van der Waals surface area contributed by atoms with Crippen LogP contribution in [0.5, 0.6) is 17.2 Å². The maximum Gasteiger partial charge on any atom is 0.172 e. The zero-order chi connectivity index (χ0) is 26.8. The molecule has 1 aliphatic rings. The zero-order valence-electron chi connectivity index (χ0n) is 22.5. The smallest absolute Gasteiger partial charge is 0.172 e. The van der Waals surface area contributed by atoms with Crippen molar-refractivity contribution in [2.24, 2.45) is 5.92 Å². The molecule has 200 valence electrons. The summed E-state index contributed by atoms with van der Waals surface area (Å²) in [5, 5.41) is 7.57. The summed E-state index contributed by atoms with van der Waals surface area (Å²) in [7, 11) is 0. The lowest BCUT2D eigenvalue weighted by molar-refractivity contribution is 0.273. The number of aromatic nitrogens is 6. The standard InChI is InChI=1S/C29H32N8O2/c1-4-5-6-10-36-15-19(2)16-38-25-14-23-27(35-29(25)36)28(32-17-30-23)34-21-7-8-24(20(3)12-21)39-22-9-11-37-26(13-22)31-18-33-37/h7-9,11-14,17-19H,4-6,10,15-16H2,1-3H3,(H,30,32,34). The van der Waals surface area contributed by atoms with Crippen molar-refractivity contribution in [1.29, 1.82) is 0 Å². The molecule has 0 amide bonds. The molecule has 5 aromatic rings. The highest BCUT2D eigenvalue weighted by Crippen LogP contribution is 2.35. The fourth-order valence-corrected chi connectivity index (χ4v) is 4.84. The molecule has 0 aliphatic carbocycles. The molecular formula is C29H32N8O2.